The molecule has 150 valence electrons. The van der Waals surface area contributed by atoms with Gasteiger partial charge in [-0.15, -0.1) is 0 Å². The molecule has 0 heterocycles. The largest absolute Gasteiger partial charge is 0.411 e. The molecule has 27 heavy (non-hydrogen) atoms. The van der Waals surface area contributed by atoms with E-state index in [9.17, 15) is 4.79 Å². The highest BCUT2D eigenvalue weighted by Crippen LogP contribution is 2.07. The Kier molecular flexibility index (Phi) is 8.59. The van der Waals surface area contributed by atoms with Gasteiger partial charge in [0.1, 0.15) is 0 Å². The van der Waals surface area contributed by atoms with E-state index in [4.69, 9.17) is 5.21 Å². The van der Waals surface area contributed by atoms with Gasteiger partial charge in [0.2, 0.25) is 0 Å². The summed E-state index contributed by atoms with van der Waals surface area (Å²) in [6.45, 7) is 13.3. The van der Waals surface area contributed by atoms with Crippen LogP contribution in [0.25, 0.3) is 0 Å². The fourth-order valence-electron chi connectivity index (χ4n) is 2.20. The Morgan fingerprint density at radius 2 is 1.48 bits per heavy atom. The second-order valence-electron chi connectivity index (χ2n) is 7.65. The Hall–Kier alpha value is -2.25. The zero-order valence-corrected chi connectivity index (χ0v) is 17.3. The predicted molar refractivity (Wildman–Crippen MR) is 111 cm³/mol. The van der Waals surface area contributed by atoms with E-state index in [0.29, 0.717) is 11.3 Å². The third-order valence-electron chi connectivity index (χ3n) is 4.81. The van der Waals surface area contributed by atoms with Gasteiger partial charge in [-0.05, 0) is 73.2 Å². The van der Waals surface area contributed by atoms with Crippen molar-refractivity contribution in [2.75, 3.05) is 13.1 Å². The first-order chi connectivity index (χ1) is 12.6. The van der Waals surface area contributed by atoms with Crippen molar-refractivity contribution in [2.45, 2.75) is 59.0 Å². The number of carbonyl (C=O) groups is 1. The van der Waals surface area contributed by atoms with Crippen LogP contribution in [0.15, 0.2) is 40.6 Å². The second-order valence-corrected chi connectivity index (χ2v) is 7.65. The van der Waals surface area contributed by atoms with Crippen molar-refractivity contribution in [3.63, 3.8) is 0 Å². The average Bonchev–Trinajstić information content (AvgIpc) is 2.65. The van der Waals surface area contributed by atoms with E-state index in [-0.39, 0.29) is 17.0 Å². The zero-order valence-electron chi connectivity index (χ0n) is 17.3. The Labute approximate surface area is 162 Å². The highest BCUT2D eigenvalue weighted by molar-refractivity contribution is 5.96. The average molecular weight is 376 g/mol. The summed E-state index contributed by atoms with van der Waals surface area (Å²) in [5.41, 5.74) is 3.94. The molecule has 7 nitrogen and oxygen atoms in total. The maximum Gasteiger partial charge on any atom is 0.271 e. The summed E-state index contributed by atoms with van der Waals surface area (Å²) in [5.74, 6) is -0.224. The molecule has 0 aliphatic rings. The second kappa shape index (κ2) is 10.2. The summed E-state index contributed by atoms with van der Waals surface area (Å²) in [6.07, 6.45) is 0.898. The molecule has 1 aromatic carbocycles. The number of benzene rings is 1. The third kappa shape index (κ3) is 7.48. The number of hydrogen-bond donors (Lipinski definition) is 4. The smallest absolute Gasteiger partial charge is 0.271 e. The summed E-state index contributed by atoms with van der Waals surface area (Å²) in [5, 5.41) is 23.2. The molecule has 0 aromatic heterocycles. The van der Waals surface area contributed by atoms with E-state index in [1.54, 1.807) is 19.1 Å². The molecule has 1 rings (SSSR count). The molecule has 0 fully saturated rings. The van der Waals surface area contributed by atoms with Crippen molar-refractivity contribution in [3.05, 3.63) is 35.9 Å². The minimum atomic E-state index is -0.345. The molecular weight excluding hydrogens is 342 g/mol. The molecule has 0 bridgehead atoms. The van der Waals surface area contributed by atoms with Gasteiger partial charge < -0.3 is 15.8 Å². The quantitative estimate of drug-likeness (QED) is 0.219. The molecule has 4 N–H and O–H groups in total. The van der Waals surface area contributed by atoms with Crippen LogP contribution in [0, 0.1) is 0 Å². The van der Waals surface area contributed by atoms with Crippen molar-refractivity contribution in [1.29, 1.82) is 0 Å². The minimum Gasteiger partial charge on any atom is -0.411 e. The maximum atomic E-state index is 12.1. The number of carbonyl (C=O) groups excluding carboxylic acids is 1. The Bertz CT molecular complexity index is 666. The van der Waals surface area contributed by atoms with Gasteiger partial charge in [-0.1, -0.05) is 23.4 Å². The van der Waals surface area contributed by atoms with E-state index in [1.165, 1.54) is 0 Å². The van der Waals surface area contributed by atoms with Crippen LogP contribution in [0.4, 0.5) is 0 Å². The Morgan fingerprint density at radius 1 is 0.963 bits per heavy atom. The first kappa shape index (κ1) is 22.8. The molecule has 1 amide bonds. The van der Waals surface area contributed by atoms with Crippen LogP contribution in [-0.2, 0) is 0 Å². The van der Waals surface area contributed by atoms with Crippen molar-refractivity contribution in [1.82, 2.24) is 16.1 Å². The van der Waals surface area contributed by atoms with Crippen molar-refractivity contribution < 1.29 is 10.0 Å². The predicted octanol–water partition coefficient (Wildman–Crippen LogP) is 2.77. The zero-order chi connectivity index (χ0) is 20.5. The first-order valence-electron chi connectivity index (χ1n) is 9.19. The standard InChI is InChI=1S/C20H33N5O2/c1-15(23-24-18(26)17-11-8-7-9-12-17)19(3,4)21-13-10-14-22-20(5,6)16(2)25-27/h7-9,11-12,21-22,27H,10,13-14H2,1-6H3,(H,24,26)/b23-15+,25-16+. The van der Waals surface area contributed by atoms with Crippen molar-refractivity contribution in [3.8, 4) is 0 Å². The minimum absolute atomic E-state index is 0.224. The van der Waals surface area contributed by atoms with E-state index < -0.39 is 0 Å². The molecule has 0 aliphatic carbocycles. The normalized spacial score (nSPS) is 13.6. The van der Waals surface area contributed by atoms with Crippen LogP contribution >= 0.6 is 0 Å². The summed E-state index contributed by atoms with van der Waals surface area (Å²) in [4.78, 5) is 12.1. The molecule has 0 aliphatic heterocycles. The van der Waals surface area contributed by atoms with Crippen molar-refractivity contribution in [2.24, 2.45) is 10.3 Å². The summed E-state index contributed by atoms with van der Waals surface area (Å²) in [6, 6.07) is 9.01. The lowest BCUT2D eigenvalue weighted by molar-refractivity contribution is 0.0954. The van der Waals surface area contributed by atoms with Gasteiger partial charge in [0, 0.05) is 5.56 Å². The van der Waals surface area contributed by atoms with Gasteiger partial charge in [-0.2, -0.15) is 5.10 Å². The number of oxime groups is 1. The van der Waals surface area contributed by atoms with Crippen molar-refractivity contribution >= 4 is 17.3 Å². The van der Waals surface area contributed by atoms with Gasteiger partial charge in [-0.25, -0.2) is 5.43 Å². The number of rotatable bonds is 10. The van der Waals surface area contributed by atoms with Gasteiger partial charge >= 0.3 is 0 Å². The molecular formula is C20H33N5O2. The lowest BCUT2D eigenvalue weighted by Crippen LogP contribution is -2.49. The fraction of sp³-hybridized carbons (Fsp3) is 0.550. The number of nitrogens with one attached hydrogen (secondary N) is 3. The number of hydrogen-bond acceptors (Lipinski definition) is 6. The first-order valence-corrected chi connectivity index (χ1v) is 9.19. The van der Waals surface area contributed by atoms with Gasteiger partial charge in [0.15, 0.2) is 0 Å². The van der Waals surface area contributed by atoms with Crippen LogP contribution in [0.5, 0.6) is 0 Å². The van der Waals surface area contributed by atoms with Gasteiger partial charge in [0.05, 0.1) is 22.5 Å². The summed E-state index contributed by atoms with van der Waals surface area (Å²) >= 11 is 0. The lowest BCUT2D eigenvalue weighted by atomic mass is 9.99. The molecule has 0 radical (unpaired) electrons. The summed E-state index contributed by atoms with van der Waals surface area (Å²) < 4.78 is 0. The van der Waals surface area contributed by atoms with E-state index in [0.717, 1.165) is 25.2 Å². The van der Waals surface area contributed by atoms with Crippen LogP contribution in [-0.4, -0.2) is 46.7 Å². The molecule has 0 atom stereocenters. The fourth-order valence-corrected chi connectivity index (χ4v) is 2.20. The van der Waals surface area contributed by atoms with Crippen LogP contribution < -0.4 is 16.1 Å². The van der Waals surface area contributed by atoms with E-state index in [2.05, 4.69) is 26.3 Å². The molecule has 0 unspecified atom stereocenters. The summed E-state index contributed by atoms with van der Waals surface area (Å²) in [7, 11) is 0. The topological polar surface area (TPSA) is 98.1 Å². The monoisotopic (exact) mass is 375 g/mol. The number of hydrazone groups is 1. The molecule has 1 aromatic rings. The van der Waals surface area contributed by atoms with Crippen LogP contribution in [0.2, 0.25) is 0 Å². The van der Waals surface area contributed by atoms with Crippen LogP contribution in [0.3, 0.4) is 0 Å². The Balaban J connectivity index is 2.44. The Morgan fingerprint density at radius 3 is 2.00 bits per heavy atom. The third-order valence-corrected chi connectivity index (χ3v) is 4.81. The molecule has 7 heteroatoms. The highest BCUT2D eigenvalue weighted by Gasteiger charge is 2.23. The van der Waals surface area contributed by atoms with Crippen LogP contribution in [0.1, 0.15) is 58.3 Å². The molecule has 0 spiro atoms. The van der Waals surface area contributed by atoms with E-state index in [1.807, 2.05) is 52.8 Å². The number of nitrogens with zero attached hydrogens (tertiary/aromatic N) is 2. The molecule has 0 saturated carbocycles. The van der Waals surface area contributed by atoms with E-state index >= 15 is 0 Å². The highest BCUT2D eigenvalue weighted by atomic mass is 16.4. The SMILES string of the molecule is C/C(=N\O)C(C)(C)NCCCNC(C)(C)/C(C)=N/NC(=O)c1ccccc1. The van der Waals surface area contributed by atoms with Gasteiger partial charge in [-0.3, -0.25) is 4.79 Å². The number of amides is 1. The lowest BCUT2D eigenvalue weighted by Gasteiger charge is -2.28. The maximum absolute atomic E-state index is 12.1. The molecule has 0 saturated heterocycles. The van der Waals surface area contributed by atoms with Gasteiger partial charge in [0.25, 0.3) is 5.91 Å².